The van der Waals surface area contributed by atoms with Gasteiger partial charge in [0.25, 0.3) is 0 Å². The molecule has 5 heteroatoms. The molecule has 0 saturated carbocycles. The largest absolute Gasteiger partial charge is 0.240 e. The third-order valence-corrected chi connectivity index (χ3v) is 3.71. The summed E-state index contributed by atoms with van der Waals surface area (Å²) in [5, 5.41) is 6.20. The Hall–Kier alpha value is -1.88. The van der Waals surface area contributed by atoms with Gasteiger partial charge in [-0.05, 0) is 18.7 Å². The van der Waals surface area contributed by atoms with Gasteiger partial charge in [0.2, 0.25) is 0 Å². The summed E-state index contributed by atoms with van der Waals surface area (Å²) in [7, 11) is 0. The van der Waals surface area contributed by atoms with Gasteiger partial charge in [-0.25, -0.2) is 14.6 Å². The van der Waals surface area contributed by atoms with Crippen LogP contribution >= 0.6 is 11.8 Å². The molecule has 19 heavy (non-hydrogen) atoms. The van der Waals surface area contributed by atoms with E-state index in [1.807, 2.05) is 41.5 Å². The molecule has 2 aromatic heterocycles. The van der Waals surface area contributed by atoms with Crippen LogP contribution in [0, 0.1) is 0 Å². The lowest BCUT2D eigenvalue weighted by Crippen LogP contribution is -2.09. The minimum Gasteiger partial charge on any atom is -0.240 e. The predicted molar refractivity (Wildman–Crippen MR) is 77.4 cm³/mol. The summed E-state index contributed by atoms with van der Waals surface area (Å²) < 4.78 is 1.95. The Kier molecular flexibility index (Phi) is 3.21. The van der Waals surface area contributed by atoms with Crippen molar-refractivity contribution >= 4 is 22.8 Å². The van der Waals surface area contributed by atoms with Crippen LogP contribution in [0.5, 0.6) is 0 Å². The Bertz CT molecular complexity index is 693. The number of hydrogen-bond acceptors (Lipinski definition) is 4. The van der Waals surface area contributed by atoms with Crippen molar-refractivity contribution in [1.82, 2.24) is 19.7 Å². The molecule has 1 aromatic carbocycles. The molecule has 0 amide bonds. The minimum atomic E-state index is 0.156. The highest BCUT2D eigenvalue weighted by Crippen LogP contribution is 2.22. The number of nitrogens with zero attached hydrogens (tertiary/aromatic N) is 4. The molecule has 0 aliphatic rings. The lowest BCUT2D eigenvalue weighted by atomic mass is 10.1. The fourth-order valence-corrected chi connectivity index (χ4v) is 2.41. The summed E-state index contributed by atoms with van der Waals surface area (Å²) in [6, 6.07) is 10.5. The zero-order valence-electron chi connectivity index (χ0n) is 10.8. The Morgan fingerprint density at radius 2 is 1.95 bits per heavy atom. The first kappa shape index (κ1) is 12.2. The highest BCUT2D eigenvalue weighted by atomic mass is 32.2. The topological polar surface area (TPSA) is 43.6 Å². The van der Waals surface area contributed by atoms with Crippen molar-refractivity contribution in [1.29, 1.82) is 0 Å². The molecule has 96 valence electrons. The van der Waals surface area contributed by atoms with Crippen LogP contribution < -0.4 is 0 Å². The van der Waals surface area contributed by atoms with E-state index in [4.69, 9.17) is 0 Å². The Morgan fingerprint density at radius 1 is 1.16 bits per heavy atom. The van der Waals surface area contributed by atoms with Crippen LogP contribution in [-0.2, 0) is 0 Å². The monoisotopic (exact) mass is 270 g/mol. The maximum absolute atomic E-state index is 4.55. The van der Waals surface area contributed by atoms with Crippen LogP contribution in [0.1, 0.15) is 18.5 Å². The van der Waals surface area contributed by atoms with Gasteiger partial charge >= 0.3 is 0 Å². The second-order valence-electron chi connectivity index (χ2n) is 4.31. The zero-order chi connectivity index (χ0) is 13.2. The normalized spacial score (nSPS) is 12.7. The molecule has 0 spiro atoms. The Morgan fingerprint density at radius 3 is 2.68 bits per heavy atom. The van der Waals surface area contributed by atoms with Gasteiger partial charge in [-0.15, -0.1) is 0 Å². The maximum Gasteiger partial charge on any atom is 0.189 e. The summed E-state index contributed by atoms with van der Waals surface area (Å²) in [6.45, 7) is 2.13. The van der Waals surface area contributed by atoms with Gasteiger partial charge in [0, 0.05) is 6.20 Å². The van der Waals surface area contributed by atoms with E-state index in [-0.39, 0.29) is 6.04 Å². The van der Waals surface area contributed by atoms with Gasteiger partial charge in [-0.1, -0.05) is 42.1 Å². The summed E-state index contributed by atoms with van der Waals surface area (Å²) in [5.74, 6) is 0. The lowest BCUT2D eigenvalue weighted by molar-refractivity contribution is 0.577. The molecule has 0 saturated heterocycles. The van der Waals surface area contributed by atoms with Gasteiger partial charge in [0.15, 0.2) is 10.8 Å². The standard InChI is InChI=1S/C14H14N4S/c1-10(11-6-4-3-5-7-11)18-13-12(9-16-18)8-15-14(17-13)19-2/h3-10H,1-2H3. The molecular formula is C14H14N4S. The lowest BCUT2D eigenvalue weighted by Gasteiger charge is -2.13. The predicted octanol–water partition coefficient (Wildman–Crippen LogP) is 3.16. The first-order valence-corrected chi connectivity index (χ1v) is 7.31. The highest BCUT2D eigenvalue weighted by molar-refractivity contribution is 7.98. The number of benzene rings is 1. The van der Waals surface area contributed by atoms with Crippen LogP contribution in [0.25, 0.3) is 11.0 Å². The number of hydrogen-bond donors (Lipinski definition) is 0. The van der Waals surface area contributed by atoms with Crippen molar-refractivity contribution in [2.75, 3.05) is 6.26 Å². The molecule has 1 atom stereocenters. The fraction of sp³-hybridized carbons (Fsp3) is 0.214. The molecule has 0 fully saturated rings. The van der Waals surface area contributed by atoms with Gasteiger partial charge < -0.3 is 0 Å². The summed E-state index contributed by atoms with van der Waals surface area (Å²) >= 11 is 1.54. The Balaban J connectivity index is 2.09. The van der Waals surface area contributed by atoms with Crippen molar-refractivity contribution in [3.8, 4) is 0 Å². The molecule has 0 bridgehead atoms. The SMILES string of the molecule is CSc1ncc2cnn(C(C)c3ccccc3)c2n1. The van der Waals surface area contributed by atoms with Crippen LogP contribution in [0.2, 0.25) is 0 Å². The molecule has 3 rings (SSSR count). The third-order valence-electron chi connectivity index (χ3n) is 3.14. The van der Waals surface area contributed by atoms with Crippen LogP contribution in [-0.4, -0.2) is 26.0 Å². The molecule has 1 unspecified atom stereocenters. The van der Waals surface area contributed by atoms with E-state index in [1.165, 1.54) is 17.3 Å². The van der Waals surface area contributed by atoms with Gasteiger partial charge in [-0.3, -0.25) is 0 Å². The fourth-order valence-electron chi connectivity index (χ4n) is 2.07. The van der Waals surface area contributed by atoms with E-state index in [0.29, 0.717) is 0 Å². The number of fused-ring (bicyclic) bond motifs is 1. The Labute approximate surface area is 115 Å². The van der Waals surface area contributed by atoms with E-state index in [0.717, 1.165) is 16.2 Å². The number of rotatable bonds is 3. The minimum absolute atomic E-state index is 0.156. The second-order valence-corrected chi connectivity index (χ2v) is 5.08. The van der Waals surface area contributed by atoms with Crippen LogP contribution in [0.3, 0.4) is 0 Å². The molecular weight excluding hydrogens is 256 g/mol. The van der Waals surface area contributed by atoms with E-state index >= 15 is 0 Å². The summed E-state index contributed by atoms with van der Waals surface area (Å²) in [4.78, 5) is 8.82. The van der Waals surface area contributed by atoms with Crippen molar-refractivity contribution in [2.24, 2.45) is 0 Å². The van der Waals surface area contributed by atoms with Crippen molar-refractivity contribution in [3.05, 3.63) is 48.3 Å². The van der Waals surface area contributed by atoms with E-state index < -0.39 is 0 Å². The third kappa shape index (κ3) is 2.21. The number of thioether (sulfide) groups is 1. The average molecular weight is 270 g/mol. The van der Waals surface area contributed by atoms with Crippen LogP contribution in [0.4, 0.5) is 0 Å². The smallest absolute Gasteiger partial charge is 0.189 e. The molecule has 0 aliphatic heterocycles. The summed E-state index contributed by atoms with van der Waals surface area (Å²) in [5.41, 5.74) is 2.10. The molecule has 0 aliphatic carbocycles. The first-order chi connectivity index (χ1) is 9.29. The molecule has 2 heterocycles. The highest BCUT2D eigenvalue weighted by Gasteiger charge is 2.13. The first-order valence-electron chi connectivity index (χ1n) is 6.09. The van der Waals surface area contributed by atoms with Crippen molar-refractivity contribution in [3.63, 3.8) is 0 Å². The van der Waals surface area contributed by atoms with E-state index in [2.05, 4.69) is 34.1 Å². The molecule has 0 radical (unpaired) electrons. The van der Waals surface area contributed by atoms with E-state index in [1.54, 1.807) is 0 Å². The quantitative estimate of drug-likeness (QED) is 0.541. The van der Waals surface area contributed by atoms with E-state index in [9.17, 15) is 0 Å². The van der Waals surface area contributed by atoms with Crippen molar-refractivity contribution in [2.45, 2.75) is 18.1 Å². The van der Waals surface area contributed by atoms with Crippen molar-refractivity contribution < 1.29 is 0 Å². The van der Waals surface area contributed by atoms with Crippen LogP contribution in [0.15, 0.2) is 47.9 Å². The van der Waals surface area contributed by atoms with Gasteiger partial charge in [0.05, 0.1) is 17.6 Å². The van der Waals surface area contributed by atoms with Gasteiger partial charge in [0.1, 0.15) is 0 Å². The maximum atomic E-state index is 4.55. The molecule has 0 N–H and O–H groups in total. The number of aromatic nitrogens is 4. The average Bonchev–Trinajstić information content (AvgIpc) is 2.90. The zero-order valence-corrected chi connectivity index (χ0v) is 11.6. The molecule has 4 nitrogen and oxygen atoms in total. The second kappa shape index (κ2) is 5.01. The summed E-state index contributed by atoms with van der Waals surface area (Å²) in [6.07, 6.45) is 5.62. The molecule has 3 aromatic rings. The van der Waals surface area contributed by atoms with Gasteiger partial charge in [-0.2, -0.15) is 5.10 Å².